The first-order valence-electron chi connectivity index (χ1n) is 6.97. The fourth-order valence-corrected chi connectivity index (χ4v) is 2.59. The first-order chi connectivity index (χ1) is 9.61. The van der Waals surface area contributed by atoms with Crippen LogP contribution in [0.2, 0.25) is 5.02 Å². The van der Waals surface area contributed by atoms with Gasteiger partial charge in [-0.25, -0.2) is 0 Å². The molecule has 1 aliphatic heterocycles. The number of piperidine rings is 1. The summed E-state index contributed by atoms with van der Waals surface area (Å²) >= 11 is 5.81. The molecule has 4 nitrogen and oxygen atoms in total. The first kappa shape index (κ1) is 14.9. The van der Waals surface area contributed by atoms with Gasteiger partial charge in [0.15, 0.2) is 0 Å². The van der Waals surface area contributed by atoms with Crippen LogP contribution in [0.3, 0.4) is 0 Å². The lowest BCUT2D eigenvalue weighted by Gasteiger charge is -2.34. The maximum absolute atomic E-state index is 12.3. The number of likely N-dealkylation sites (tertiary alicyclic amines) is 1. The Kier molecular flexibility index (Phi) is 5.01. The quantitative estimate of drug-likeness (QED) is 0.931. The molecule has 0 aromatic heterocycles. The zero-order chi connectivity index (χ0) is 14.5. The highest BCUT2D eigenvalue weighted by Gasteiger charge is 2.31. The van der Waals surface area contributed by atoms with Gasteiger partial charge in [-0.2, -0.15) is 0 Å². The Morgan fingerprint density at radius 2 is 2.00 bits per heavy atom. The topological polar surface area (TPSA) is 49.4 Å². The van der Waals surface area contributed by atoms with Gasteiger partial charge in [-0.15, -0.1) is 0 Å². The summed E-state index contributed by atoms with van der Waals surface area (Å²) in [7, 11) is 0. The Balaban J connectivity index is 2.05. The molecule has 0 saturated carbocycles. The van der Waals surface area contributed by atoms with Gasteiger partial charge >= 0.3 is 0 Å². The molecule has 2 rings (SSSR count). The molecule has 1 heterocycles. The van der Waals surface area contributed by atoms with Crippen LogP contribution in [-0.4, -0.2) is 29.3 Å². The molecule has 2 amide bonds. The fourth-order valence-electron chi connectivity index (χ4n) is 2.46. The monoisotopic (exact) mass is 294 g/mol. The van der Waals surface area contributed by atoms with Crippen LogP contribution in [0.1, 0.15) is 32.6 Å². The van der Waals surface area contributed by atoms with Crippen LogP contribution in [-0.2, 0) is 9.59 Å². The van der Waals surface area contributed by atoms with E-state index in [-0.39, 0.29) is 17.9 Å². The third kappa shape index (κ3) is 3.51. The van der Waals surface area contributed by atoms with Crippen LogP contribution in [0, 0.1) is 0 Å². The third-order valence-corrected chi connectivity index (χ3v) is 3.79. The molecular weight excluding hydrogens is 276 g/mol. The molecule has 1 aliphatic rings. The molecule has 20 heavy (non-hydrogen) atoms. The van der Waals surface area contributed by atoms with Crippen LogP contribution >= 0.6 is 11.6 Å². The number of rotatable bonds is 3. The molecule has 1 fully saturated rings. The van der Waals surface area contributed by atoms with Crippen molar-refractivity contribution in [2.45, 2.75) is 38.6 Å². The highest BCUT2D eigenvalue weighted by molar-refractivity contribution is 6.30. The van der Waals surface area contributed by atoms with Gasteiger partial charge in [0.25, 0.3) is 0 Å². The number of hydrogen-bond acceptors (Lipinski definition) is 2. The number of carbonyl (C=O) groups excluding carboxylic acids is 2. The summed E-state index contributed by atoms with van der Waals surface area (Å²) < 4.78 is 0. The van der Waals surface area contributed by atoms with E-state index in [0.717, 1.165) is 19.3 Å². The molecule has 0 bridgehead atoms. The molecule has 1 aromatic rings. The highest BCUT2D eigenvalue weighted by Crippen LogP contribution is 2.20. The summed E-state index contributed by atoms with van der Waals surface area (Å²) in [6, 6.07) is 6.62. The standard InChI is InChI=1S/C15H19ClN2O2/c1-2-14(19)18-10-4-3-5-13(18)15(20)17-12-8-6-11(16)7-9-12/h6-9,13H,2-5,10H2,1H3,(H,17,20). The average molecular weight is 295 g/mol. The number of benzene rings is 1. The third-order valence-electron chi connectivity index (χ3n) is 3.54. The normalized spacial score (nSPS) is 18.7. The number of hydrogen-bond donors (Lipinski definition) is 1. The highest BCUT2D eigenvalue weighted by atomic mass is 35.5. The maximum atomic E-state index is 12.3. The van der Waals surface area contributed by atoms with Gasteiger partial charge in [-0.05, 0) is 43.5 Å². The molecular formula is C15H19ClN2O2. The Hall–Kier alpha value is -1.55. The van der Waals surface area contributed by atoms with Crippen molar-refractivity contribution in [3.05, 3.63) is 29.3 Å². The van der Waals surface area contributed by atoms with E-state index in [1.54, 1.807) is 29.2 Å². The molecule has 0 spiro atoms. The van der Waals surface area contributed by atoms with E-state index in [2.05, 4.69) is 5.32 Å². The smallest absolute Gasteiger partial charge is 0.247 e. The van der Waals surface area contributed by atoms with Crippen LogP contribution < -0.4 is 5.32 Å². The molecule has 1 N–H and O–H groups in total. The lowest BCUT2D eigenvalue weighted by Crippen LogP contribution is -2.49. The van der Waals surface area contributed by atoms with E-state index in [1.807, 2.05) is 6.92 Å². The molecule has 0 radical (unpaired) electrons. The van der Waals surface area contributed by atoms with Crippen molar-refractivity contribution in [3.63, 3.8) is 0 Å². The second kappa shape index (κ2) is 6.75. The summed E-state index contributed by atoms with van der Waals surface area (Å²) in [4.78, 5) is 26.0. The van der Waals surface area contributed by atoms with Crippen molar-refractivity contribution in [2.24, 2.45) is 0 Å². The van der Waals surface area contributed by atoms with E-state index in [9.17, 15) is 9.59 Å². The molecule has 1 atom stereocenters. The molecule has 1 aromatic carbocycles. The van der Waals surface area contributed by atoms with E-state index in [0.29, 0.717) is 23.7 Å². The molecule has 108 valence electrons. The van der Waals surface area contributed by atoms with Gasteiger partial charge in [0, 0.05) is 23.7 Å². The molecule has 0 aliphatic carbocycles. The van der Waals surface area contributed by atoms with Gasteiger partial charge in [-0.3, -0.25) is 9.59 Å². The van der Waals surface area contributed by atoms with E-state index < -0.39 is 0 Å². The molecule has 5 heteroatoms. The minimum Gasteiger partial charge on any atom is -0.331 e. The van der Waals surface area contributed by atoms with Crippen molar-refractivity contribution < 1.29 is 9.59 Å². The second-order valence-corrected chi connectivity index (χ2v) is 5.38. The molecule has 1 saturated heterocycles. The minimum atomic E-state index is -0.355. The summed E-state index contributed by atoms with van der Waals surface area (Å²) in [5, 5.41) is 3.48. The summed E-state index contributed by atoms with van der Waals surface area (Å²) in [6.07, 6.45) is 3.11. The van der Waals surface area contributed by atoms with Gasteiger partial charge in [-0.1, -0.05) is 18.5 Å². The van der Waals surface area contributed by atoms with Gasteiger partial charge < -0.3 is 10.2 Å². The van der Waals surface area contributed by atoms with Crippen molar-refractivity contribution >= 4 is 29.1 Å². The SMILES string of the molecule is CCC(=O)N1CCCCC1C(=O)Nc1ccc(Cl)cc1. The predicted octanol–water partition coefficient (Wildman–Crippen LogP) is 3.07. The van der Waals surface area contributed by atoms with E-state index >= 15 is 0 Å². The Morgan fingerprint density at radius 3 is 2.65 bits per heavy atom. The maximum Gasteiger partial charge on any atom is 0.247 e. The van der Waals surface area contributed by atoms with Gasteiger partial charge in [0.2, 0.25) is 11.8 Å². The largest absolute Gasteiger partial charge is 0.331 e. The number of carbonyl (C=O) groups is 2. The summed E-state index contributed by atoms with van der Waals surface area (Å²) in [5.41, 5.74) is 0.703. The average Bonchev–Trinajstić information content (AvgIpc) is 2.48. The molecule has 1 unspecified atom stereocenters. The lowest BCUT2D eigenvalue weighted by molar-refractivity contribution is -0.140. The van der Waals surface area contributed by atoms with Crippen molar-refractivity contribution in [1.29, 1.82) is 0 Å². The van der Waals surface area contributed by atoms with Crippen LogP contribution in [0.5, 0.6) is 0 Å². The Bertz CT molecular complexity index is 487. The summed E-state index contributed by atoms with van der Waals surface area (Å²) in [5.74, 6) is -0.0743. The second-order valence-electron chi connectivity index (χ2n) is 4.95. The first-order valence-corrected chi connectivity index (χ1v) is 7.35. The van der Waals surface area contributed by atoms with Crippen molar-refractivity contribution in [3.8, 4) is 0 Å². The number of anilines is 1. The van der Waals surface area contributed by atoms with Crippen LogP contribution in [0.25, 0.3) is 0 Å². The number of nitrogens with zero attached hydrogens (tertiary/aromatic N) is 1. The Morgan fingerprint density at radius 1 is 1.30 bits per heavy atom. The zero-order valence-corrected chi connectivity index (χ0v) is 12.3. The van der Waals surface area contributed by atoms with Crippen molar-refractivity contribution in [2.75, 3.05) is 11.9 Å². The Labute approximate surface area is 124 Å². The zero-order valence-electron chi connectivity index (χ0n) is 11.6. The number of halogens is 1. The number of nitrogens with one attached hydrogen (secondary N) is 1. The van der Waals surface area contributed by atoms with Crippen LogP contribution in [0.4, 0.5) is 5.69 Å². The van der Waals surface area contributed by atoms with E-state index in [1.165, 1.54) is 0 Å². The van der Waals surface area contributed by atoms with Crippen molar-refractivity contribution in [1.82, 2.24) is 4.90 Å². The summed E-state index contributed by atoms with van der Waals surface area (Å²) in [6.45, 7) is 2.50. The lowest BCUT2D eigenvalue weighted by atomic mass is 10.0. The minimum absolute atomic E-state index is 0.0426. The predicted molar refractivity (Wildman–Crippen MR) is 79.7 cm³/mol. The van der Waals surface area contributed by atoms with Gasteiger partial charge in [0.05, 0.1) is 0 Å². The fraction of sp³-hybridized carbons (Fsp3) is 0.467. The van der Waals surface area contributed by atoms with Gasteiger partial charge in [0.1, 0.15) is 6.04 Å². The van der Waals surface area contributed by atoms with E-state index in [4.69, 9.17) is 11.6 Å². The number of amides is 2. The van der Waals surface area contributed by atoms with Crippen LogP contribution in [0.15, 0.2) is 24.3 Å².